The summed E-state index contributed by atoms with van der Waals surface area (Å²) in [5, 5.41) is 7.88. The van der Waals surface area contributed by atoms with Crippen LogP contribution in [0.5, 0.6) is 0 Å². The monoisotopic (exact) mass is 402 g/mol. The zero-order chi connectivity index (χ0) is 19.4. The predicted molar refractivity (Wildman–Crippen MR) is 108 cm³/mol. The van der Waals surface area contributed by atoms with Gasteiger partial charge < -0.3 is 9.84 Å². The lowest BCUT2D eigenvalue weighted by Gasteiger charge is -2.14. The Bertz CT molecular complexity index is 918. The van der Waals surface area contributed by atoms with Crippen molar-refractivity contribution in [1.29, 1.82) is 0 Å². The smallest absolute Gasteiger partial charge is 0.257 e. The minimum absolute atomic E-state index is 0.0124. The number of carbonyl (C=O) groups is 1. The number of aryl methyl sites for hydroxylation is 2. The number of carbonyl (C=O) groups excluding carboxylic acids is 1. The van der Waals surface area contributed by atoms with Crippen LogP contribution >= 0.6 is 23.2 Å². The van der Waals surface area contributed by atoms with Crippen molar-refractivity contribution >= 4 is 29.1 Å². The molecule has 0 saturated heterocycles. The molecule has 0 fully saturated rings. The summed E-state index contributed by atoms with van der Waals surface area (Å²) < 4.78 is 5.26. The second kappa shape index (κ2) is 8.59. The van der Waals surface area contributed by atoms with Crippen LogP contribution in [-0.4, -0.2) is 17.1 Å². The first-order valence-corrected chi connectivity index (χ1v) is 9.48. The highest BCUT2D eigenvalue weighted by Gasteiger charge is 2.25. The quantitative estimate of drug-likeness (QED) is 0.574. The number of nitrogens with one attached hydrogen (secondary N) is 1. The summed E-state index contributed by atoms with van der Waals surface area (Å²) in [5.41, 5.74) is 2.45. The average Bonchev–Trinajstić information content (AvgIpc) is 3.02. The van der Waals surface area contributed by atoms with E-state index >= 15 is 0 Å². The van der Waals surface area contributed by atoms with Gasteiger partial charge in [0.05, 0.1) is 10.0 Å². The molecule has 0 bridgehead atoms. The van der Waals surface area contributed by atoms with Gasteiger partial charge in [-0.1, -0.05) is 64.8 Å². The molecule has 2 aromatic carbocycles. The number of rotatable bonds is 6. The summed E-state index contributed by atoms with van der Waals surface area (Å²) >= 11 is 12.6. The lowest BCUT2D eigenvalue weighted by Crippen LogP contribution is -2.33. The van der Waals surface area contributed by atoms with E-state index in [0.29, 0.717) is 32.6 Å². The molecule has 1 atom stereocenters. The molecule has 140 valence electrons. The molecule has 0 aliphatic rings. The Labute approximate surface area is 168 Å². The van der Waals surface area contributed by atoms with Crippen LogP contribution in [0.25, 0.3) is 11.3 Å². The summed E-state index contributed by atoms with van der Waals surface area (Å²) in [7, 11) is 0. The highest BCUT2D eigenvalue weighted by Crippen LogP contribution is 2.36. The molecule has 3 rings (SSSR count). The zero-order valence-corrected chi connectivity index (χ0v) is 16.6. The Morgan fingerprint density at radius 3 is 2.44 bits per heavy atom. The van der Waals surface area contributed by atoms with E-state index in [1.54, 1.807) is 25.1 Å². The van der Waals surface area contributed by atoms with Gasteiger partial charge in [0.15, 0.2) is 0 Å². The van der Waals surface area contributed by atoms with Crippen molar-refractivity contribution in [2.75, 3.05) is 0 Å². The number of hydrogen-bond donors (Lipinski definition) is 1. The van der Waals surface area contributed by atoms with E-state index in [1.165, 1.54) is 5.56 Å². The van der Waals surface area contributed by atoms with Gasteiger partial charge in [0.1, 0.15) is 17.0 Å². The van der Waals surface area contributed by atoms with Crippen LogP contribution in [0, 0.1) is 6.92 Å². The SMILES string of the molecule is Cc1onc(-c2c(Cl)cccc2Cl)c1C(=O)N[C@@H](C)CCc1ccccc1. The minimum Gasteiger partial charge on any atom is -0.360 e. The second-order valence-electron chi connectivity index (χ2n) is 6.46. The van der Waals surface area contributed by atoms with Gasteiger partial charge in [-0.2, -0.15) is 0 Å². The predicted octanol–water partition coefficient (Wildman–Crippen LogP) is 5.71. The molecule has 0 saturated carbocycles. The molecule has 0 unspecified atom stereocenters. The van der Waals surface area contributed by atoms with Crippen molar-refractivity contribution in [2.24, 2.45) is 0 Å². The van der Waals surface area contributed by atoms with E-state index in [0.717, 1.165) is 12.8 Å². The fraction of sp³-hybridized carbons (Fsp3) is 0.238. The normalized spacial score (nSPS) is 12.0. The van der Waals surface area contributed by atoms with Crippen molar-refractivity contribution in [1.82, 2.24) is 10.5 Å². The highest BCUT2D eigenvalue weighted by molar-refractivity contribution is 6.39. The molecule has 6 heteroatoms. The lowest BCUT2D eigenvalue weighted by atomic mass is 10.0. The van der Waals surface area contributed by atoms with Crippen LogP contribution in [0.2, 0.25) is 10.0 Å². The molecule has 0 aliphatic heterocycles. The fourth-order valence-electron chi connectivity index (χ4n) is 2.93. The van der Waals surface area contributed by atoms with Crippen molar-refractivity contribution in [3.05, 3.63) is 75.5 Å². The Hall–Kier alpha value is -2.30. The summed E-state index contributed by atoms with van der Waals surface area (Å²) in [6.45, 7) is 3.68. The number of benzene rings is 2. The number of amides is 1. The maximum atomic E-state index is 12.9. The summed E-state index contributed by atoms with van der Waals surface area (Å²) in [6, 6.07) is 15.3. The molecular formula is C21H20Cl2N2O2. The molecule has 1 heterocycles. The summed E-state index contributed by atoms with van der Waals surface area (Å²) in [4.78, 5) is 12.9. The topological polar surface area (TPSA) is 55.1 Å². The van der Waals surface area contributed by atoms with Crippen LogP contribution in [0.3, 0.4) is 0 Å². The van der Waals surface area contributed by atoms with Crippen LogP contribution in [0.4, 0.5) is 0 Å². The van der Waals surface area contributed by atoms with Crippen LogP contribution in [-0.2, 0) is 6.42 Å². The van der Waals surface area contributed by atoms with E-state index < -0.39 is 0 Å². The Morgan fingerprint density at radius 1 is 1.11 bits per heavy atom. The first-order valence-electron chi connectivity index (χ1n) is 8.72. The third-order valence-electron chi connectivity index (χ3n) is 4.38. The molecule has 27 heavy (non-hydrogen) atoms. The van der Waals surface area contributed by atoms with Crippen molar-refractivity contribution in [3.8, 4) is 11.3 Å². The standard InChI is InChI=1S/C21H20Cl2N2O2/c1-13(11-12-15-7-4-3-5-8-15)24-21(26)18-14(2)27-25-20(18)19-16(22)9-6-10-17(19)23/h3-10,13H,11-12H2,1-2H3,(H,24,26)/t13-/m0/s1. The van der Waals surface area contributed by atoms with Gasteiger partial charge in [-0.05, 0) is 44.4 Å². The Balaban J connectivity index is 1.76. The van der Waals surface area contributed by atoms with E-state index in [-0.39, 0.29) is 11.9 Å². The fourth-order valence-corrected chi connectivity index (χ4v) is 3.51. The Kier molecular flexibility index (Phi) is 6.19. The average molecular weight is 403 g/mol. The minimum atomic E-state index is -0.250. The number of halogens is 2. The van der Waals surface area contributed by atoms with Crippen molar-refractivity contribution < 1.29 is 9.32 Å². The molecule has 4 nitrogen and oxygen atoms in total. The highest BCUT2D eigenvalue weighted by atomic mass is 35.5. The molecule has 1 aromatic heterocycles. The van der Waals surface area contributed by atoms with Gasteiger partial charge in [-0.15, -0.1) is 0 Å². The summed E-state index contributed by atoms with van der Waals surface area (Å²) in [6.07, 6.45) is 1.70. The number of nitrogens with zero attached hydrogens (tertiary/aromatic N) is 1. The van der Waals surface area contributed by atoms with Gasteiger partial charge in [0.2, 0.25) is 0 Å². The van der Waals surface area contributed by atoms with Gasteiger partial charge in [-0.25, -0.2) is 0 Å². The molecule has 0 spiro atoms. The van der Waals surface area contributed by atoms with Gasteiger partial charge in [-0.3, -0.25) is 4.79 Å². The second-order valence-corrected chi connectivity index (χ2v) is 7.27. The van der Waals surface area contributed by atoms with Crippen molar-refractivity contribution in [3.63, 3.8) is 0 Å². The molecule has 0 radical (unpaired) electrons. The molecule has 0 aliphatic carbocycles. The molecular weight excluding hydrogens is 383 g/mol. The lowest BCUT2D eigenvalue weighted by molar-refractivity contribution is 0.0937. The van der Waals surface area contributed by atoms with Crippen LogP contribution in [0.1, 0.15) is 35.0 Å². The molecule has 1 N–H and O–H groups in total. The van der Waals surface area contributed by atoms with Crippen LogP contribution in [0.15, 0.2) is 53.1 Å². The van der Waals surface area contributed by atoms with Gasteiger partial charge in [0.25, 0.3) is 5.91 Å². The number of aromatic nitrogens is 1. The van der Waals surface area contributed by atoms with Crippen molar-refractivity contribution in [2.45, 2.75) is 32.7 Å². The largest absolute Gasteiger partial charge is 0.360 e. The van der Waals surface area contributed by atoms with E-state index in [9.17, 15) is 4.79 Å². The van der Waals surface area contributed by atoms with Crippen LogP contribution < -0.4 is 5.32 Å². The first-order chi connectivity index (χ1) is 13.0. The zero-order valence-electron chi connectivity index (χ0n) is 15.1. The van der Waals surface area contributed by atoms with E-state index in [1.807, 2.05) is 25.1 Å². The number of hydrogen-bond acceptors (Lipinski definition) is 3. The first kappa shape index (κ1) is 19.5. The summed E-state index contributed by atoms with van der Waals surface area (Å²) in [5.74, 6) is 0.175. The third kappa shape index (κ3) is 4.52. The molecule has 1 amide bonds. The Morgan fingerprint density at radius 2 is 1.78 bits per heavy atom. The molecule has 3 aromatic rings. The van der Waals surface area contributed by atoms with E-state index in [4.69, 9.17) is 27.7 Å². The third-order valence-corrected chi connectivity index (χ3v) is 5.01. The van der Waals surface area contributed by atoms with E-state index in [2.05, 4.69) is 22.6 Å². The maximum absolute atomic E-state index is 12.9. The maximum Gasteiger partial charge on any atom is 0.257 e. The van der Waals surface area contributed by atoms with Gasteiger partial charge in [0, 0.05) is 11.6 Å². The van der Waals surface area contributed by atoms with Gasteiger partial charge >= 0.3 is 0 Å².